The van der Waals surface area contributed by atoms with Crippen LogP contribution in [0.15, 0.2) is 6.33 Å². The average molecular weight is 219 g/mol. The van der Waals surface area contributed by atoms with E-state index in [2.05, 4.69) is 53.9 Å². The smallest absolute Gasteiger partial charge is 0.229 e. The van der Waals surface area contributed by atoms with Gasteiger partial charge >= 0.3 is 0 Å². The van der Waals surface area contributed by atoms with Crippen molar-refractivity contribution in [1.82, 2.24) is 15.0 Å². The molecule has 0 N–H and O–H groups in total. The molecule has 0 amide bonds. The van der Waals surface area contributed by atoms with E-state index >= 15 is 0 Å². The topological polar surface area (TPSA) is 41.9 Å². The molecule has 2 rings (SSSR count). The first-order chi connectivity index (χ1) is 7.43. The summed E-state index contributed by atoms with van der Waals surface area (Å²) in [5, 5.41) is 0. The molecule has 4 heteroatoms. The van der Waals surface area contributed by atoms with Crippen LogP contribution in [-0.4, -0.2) is 26.0 Å². The molecule has 0 aromatic carbocycles. The molecule has 1 fully saturated rings. The van der Waals surface area contributed by atoms with Crippen molar-refractivity contribution in [2.24, 2.45) is 0 Å². The number of anilines is 1. The molecule has 0 atom stereocenters. The highest BCUT2D eigenvalue weighted by atomic mass is 15.3. The fourth-order valence-electron chi connectivity index (χ4n) is 2.85. The van der Waals surface area contributed by atoms with Crippen LogP contribution in [0.3, 0.4) is 0 Å². The maximum Gasteiger partial charge on any atom is 0.229 e. The van der Waals surface area contributed by atoms with Gasteiger partial charge in [-0.2, -0.15) is 4.98 Å². The van der Waals surface area contributed by atoms with Crippen molar-refractivity contribution < 1.29 is 0 Å². The van der Waals surface area contributed by atoms with Gasteiger partial charge in [-0.1, -0.05) is 0 Å². The molecule has 1 radical (unpaired) electrons. The number of rotatable bonds is 1. The van der Waals surface area contributed by atoms with E-state index in [0.717, 1.165) is 5.95 Å². The first-order valence-electron chi connectivity index (χ1n) is 5.79. The molecule has 1 aromatic rings. The monoisotopic (exact) mass is 219 g/mol. The van der Waals surface area contributed by atoms with Gasteiger partial charge in [0.1, 0.15) is 6.33 Å². The van der Waals surface area contributed by atoms with Gasteiger partial charge in [0.2, 0.25) is 12.3 Å². The second-order valence-electron chi connectivity index (χ2n) is 5.70. The third-order valence-corrected chi connectivity index (χ3v) is 3.43. The Kier molecular flexibility index (Phi) is 2.60. The molecule has 1 aliphatic rings. The number of hydrogen-bond donors (Lipinski definition) is 0. The highest BCUT2D eigenvalue weighted by Crippen LogP contribution is 2.39. The Morgan fingerprint density at radius 1 is 1.19 bits per heavy atom. The minimum atomic E-state index is 0.0942. The van der Waals surface area contributed by atoms with Gasteiger partial charge < -0.3 is 4.90 Å². The molecular weight excluding hydrogens is 200 g/mol. The summed E-state index contributed by atoms with van der Waals surface area (Å²) >= 11 is 0. The highest BCUT2D eigenvalue weighted by Gasteiger charge is 2.42. The summed E-state index contributed by atoms with van der Waals surface area (Å²) in [6, 6.07) is 0. The van der Waals surface area contributed by atoms with Gasteiger partial charge in [0.05, 0.1) is 0 Å². The molecular formula is C12H19N4. The lowest BCUT2D eigenvalue weighted by Crippen LogP contribution is -2.59. The maximum atomic E-state index is 4.27. The molecule has 1 saturated heterocycles. The lowest BCUT2D eigenvalue weighted by atomic mass is 9.80. The van der Waals surface area contributed by atoms with Crippen LogP contribution in [-0.2, 0) is 0 Å². The van der Waals surface area contributed by atoms with Crippen molar-refractivity contribution in [2.45, 2.75) is 58.0 Å². The quantitative estimate of drug-likeness (QED) is 0.726. The zero-order valence-corrected chi connectivity index (χ0v) is 10.5. The van der Waals surface area contributed by atoms with E-state index in [0.29, 0.717) is 0 Å². The van der Waals surface area contributed by atoms with E-state index in [-0.39, 0.29) is 11.1 Å². The molecule has 0 saturated carbocycles. The Balaban J connectivity index is 2.41. The Labute approximate surface area is 97.1 Å². The van der Waals surface area contributed by atoms with Crippen LogP contribution in [0, 0.1) is 6.33 Å². The number of hydrogen-bond acceptors (Lipinski definition) is 4. The number of aromatic nitrogens is 3. The molecule has 87 valence electrons. The second kappa shape index (κ2) is 3.68. The fraction of sp³-hybridized carbons (Fsp3) is 0.750. The standard InChI is InChI=1S/C12H19N4/c1-11(2)6-5-7-12(3,4)16(11)10-14-8-13-9-15-10/h8H,5-7H2,1-4H3. The summed E-state index contributed by atoms with van der Waals surface area (Å²) in [6.45, 7) is 8.99. The number of nitrogens with zero attached hydrogens (tertiary/aromatic N) is 4. The third kappa shape index (κ3) is 1.88. The van der Waals surface area contributed by atoms with E-state index < -0.39 is 0 Å². The molecule has 0 unspecified atom stereocenters. The summed E-state index contributed by atoms with van der Waals surface area (Å²) in [6.07, 6.45) is 7.74. The van der Waals surface area contributed by atoms with E-state index in [1.54, 1.807) is 0 Å². The van der Waals surface area contributed by atoms with Gasteiger partial charge in [-0.3, -0.25) is 0 Å². The van der Waals surface area contributed by atoms with Crippen LogP contribution in [0.1, 0.15) is 47.0 Å². The minimum Gasteiger partial charge on any atom is -0.330 e. The van der Waals surface area contributed by atoms with Crippen molar-refractivity contribution in [2.75, 3.05) is 4.90 Å². The largest absolute Gasteiger partial charge is 0.330 e. The lowest BCUT2D eigenvalue weighted by molar-refractivity contribution is 0.239. The summed E-state index contributed by atoms with van der Waals surface area (Å²) < 4.78 is 0. The highest BCUT2D eigenvalue weighted by molar-refractivity contribution is 5.38. The van der Waals surface area contributed by atoms with Gasteiger partial charge in [0.15, 0.2) is 0 Å². The fourth-order valence-corrected chi connectivity index (χ4v) is 2.85. The first-order valence-corrected chi connectivity index (χ1v) is 5.79. The Bertz CT molecular complexity index is 343. The average Bonchev–Trinajstić information content (AvgIpc) is 2.16. The SMILES string of the molecule is CC1(C)CCCC(C)(C)N1c1n[c]ncn1. The Hall–Kier alpha value is -1.19. The summed E-state index contributed by atoms with van der Waals surface area (Å²) in [4.78, 5) is 14.5. The third-order valence-electron chi connectivity index (χ3n) is 3.43. The van der Waals surface area contributed by atoms with E-state index in [9.17, 15) is 0 Å². The molecule has 4 nitrogen and oxygen atoms in total. The molecule has 16 heavy (non-hydrogen) atoms. The Morgan fingerprint density at radius 2 is 1.81 bits per heavy atom. The van der Waals surface area contributed by atoms with Crippen molar-refractivity contribution in [3.8, 4) is 0 Å². The van der Waals surface area contributed by atoms with Crippen molar-refractivity contribution >= 4 is 5.95 Å². The molecule has 0 aliphatic carbocycles. The first kappa shape index (κ1) is 11.3. The number of piperidine rings is 1. The zero-order chi connectivity index (χ0) is 11.8. The second-order valence-corrected chi connectivity index (χ2v) is 5.70. The van der Waals surface area contributed by atoms with E-state index in [1.165, 1.54) is 25.6 Å². The molecule has 0 spiro atoms. The van der Waals surface area contributed by atoms with Crippen LogP contribution in [0.25, 0.3) is 0 Å². The predicted molar refractivity (Wildman–Crippen MR) is 63.2 cm³/mol. The van der Waals surface area contributed by atoms with Crippen molar-refractivity contribution in [1.29, 1.82) is 0 Å². The van der Waals surface area contributed by atoms with Crippen LogP contribution in [0.4, 0.5) is 5.95 Å². The van der Waals surface area contributed by atoms with Gasteiger partial charge in [0, 0.05) is 11.1 Å². The zero-order valence-electron chi connectivity index (χ0n) is 10.5. The lowest BCUT2D eigenvalue weighted by Gasteiger charge is -2.52. The van der Waals surface area contributed by atoms with Gasteiger partial charge in [-0.05, 0) is 47.0 Å². The molecule has 0 bridgehead atoms. The maximum absolute atomic E-state index is 4.27. The Morgan fingerprint density at radius 3 is 2.31 bits per heavy atom. The minimum absolute atomic E-state index is 0.0942. The van der Waals surface area contributed by atoms with E-state index in [1.807, 2.05) is 0 Å². The van der Waals surface area contributed by atoms with Crippen molar-refractivity contribution in [3.05, 3.63) is 12.7 Å². The predicted octanol–water partition coefficient (Wildman–Crippen LogP) is 2.22. The van der Waals surface area contributed by atoms with Gasteiger partial charge in [-0.15, -0.1) is 0 Å². The van der Waals surface area contributed by atoms with Crippen LogP contribution >= 0.6 is 0 Å². The van der Waals surface area contributed by atoms with Crippen LogP contribution < -0.4 is 4.90 Å². The summed E-state index contributed by atoms with van der Waals surface area (Å²) in [7, 11) is 0. The van der Waals surface area contributed by atoms with Crippen molar-refractivity contribution in [3.63, 3.8) is 0 Å². The van der Waals surface area contributed by atoms with Gasteiger partial charge in [0.25, 0.3) is 0 Å². The van der Waals surface area contributed by atoms with Crippen LogP contribution in [0.5, 0.6) is 0 Å². The van der Waals surface area contributed by atoms with Crippen LogP contribution in [0.2, 0.25) is 0 Å². The van der Waals surface area contributed by atoms with Gasteiger partial charge in [-0.25, -0.2) is 9.97 Å². The summed E-state index contributed by atoms with van der Waals surface area (Å²) in [5.74, 6) is 0.740. The van der Waals surface area contributed by atoms with E-state index in [4.69, 9.17) is 0 Å². The summed E-state index contributed by atoms with van der Waals surface area (Å²) in [5.41, 5.74) is 0.188. The molecule has 1 aromatic heterocycles. The molecule has 1 aliphatic heterocycles. The molecule has 2 heterocycles. The normalized spacial score (nSPS) is 23.1.